The maximum atomic E-state index is 12.3. The molecule has 0 spiro atoms. The molecule has 0 saturated heterocycles. The van der Waals surface area contributed by atoms with Crippen LogP contribution in [0, 0.1) is 0 Å². The second-order valence-corrected chi connectivity index (χ2v) is 7.18. The minimum atomic E-state index is -3.56. The van der Waals surface area contributed by atoms with Gasteiger partial charge in [0.1, 0.15) is 0 Å². The Kier molecular flexibility index (Phi) is 4.49. The molecule has 6 nitrogen and oxygen atoms in total. The fraction of sp³-hybridized carbons (Fsp3) is 0.312. The highest BCUT2D eigenvalue weighted by Crippen LogP contribution is 2.24. The molecule has 1 amide bonds. The molecule has 1 aromatic heterocycles. The third-order valence-corrected chi connectivity index (χ3v) is 5.29. The molecule has 1 aliphatic rings. The average Bonchev–Trinajstić information content (AvgIpc) is 3.21. The highest BCUT2D eigenvalue weighted by Gasteiger charge is 2.18. The van der Waals surface area contributed by atoms with Crippen molar-refractivity contribution in [2.24, 2.45) is 0 Å². The van der Waals surface area contributed by atoms with Gasteiger partial charge in [-0.2, -0.15) is 0 Å². The van der Waals surface area contributed by atoms with E-state index in [0.717, 1.165) is 24.8 Å². The third-order valence-electron chi connectivity index (χ3n) is 3.83. The first-order valence-corrected chi connectivity index (χ1v) is 8.98. The summed E-state index contributed by atoms with van der Waals surface area (Å²) in [5, 5.41) is 2.59. The van der Waals surface area contributed by atoms with Gasteiger partial charge in [0.25, 0.3) is 5.91 Å². The summed E-state index contributed by atoms with van der Waals surface area (Å²) in [6.07, 6.45) is 4.43. The van der Waals surface area contributed by atoms with Crippen LogP contribution in [0.15, 0.2) is 45.9 Å². The van der Waals surface area contributed by atoms with Crippen molar-refractivity contribution < 1.29 is 17.6 Å². The quantitative estimate of drug-likeness (QED) is 0.783. The van der Waals surface area contributed by atoms with Crippen LogP contribution >= 0.6 is 0 Å². The van der Waals surface area contributed by atoms with Gasteiger partial charge in [-0.3, -0.25) is 4.79 Å². The molecule has 1 aliphatic carbocycles. The minimum absolute atomic E-state index is 0.117. The van der Waals surface area contributed by atoms with E-state index >= 15 is 0 Å². The maximum absolute atomic E-state index is 12.3. The Bertz CT molecular complexity index is 797. The molecule has 1 aromatic carbocycles. The molecule has 0 aliphatic heterocycles. The number of sulfonamides is 1. The average molecular weight is 334 g/mol. The van der Waals surface area contributed by atoms with Gasteiger partial charge in [-0.15, -0.1) is 0 Å². The number of nitrogens with one attached hydrogen (secondary N) is 2. The van der Waals surface area contributed by atoms with Crippen LogP contribution in [-0.2, 0) is 22.9 Å². The molecule has 2 N–H and O–H groups in total. The van der Waals surface area contributed by atoms with E-state index < -0.39 is 10.0 Å². The molecule has 7 heteroatoms. The van der Waals surface area contributed by atoms with Gasteiger partial charge in [-0.25, -0.2) is 13.1 Å². The largest absolute Gasteiger partial charge is 0.459 e. The normalized spacial score (nSPS) is 13.7. The second-order valence-electron chi connectivity index (χ2n) is 5.42. The lowest BCUT2D eigenvalue weighted by molar-refractivity contribution is 0.0926. The van der Waals surface area contributed by atoms with Crippen molar-refractivity contribution in [1.82, 2.24) is 10.0 Å². The van der Waals surface area contributed by atoms with Gasteiger partial charge >= 0.3 is 0 Å². The zero-order valence-electron chi connectivity index (χ0n) is 12.5. The number of carbonyl (C=O) groups is 1. The summed E-state index contributed by atoms with van der Waals surface area (Å²) in [7, 11) is -3.56. The van der Waals surface area contributed by atoms with Crippen molar-refractivity contribution >= 4 is 15.9 Å². The number of benzene rings is 1. The summed E-state index contributed by atoms with van der Waals surface area (Å²) in [4.78, 5) is 11.9. The Morgan fingerprint density at radius 2 is 1.96 bits per heavy atom. The van der Waals surface area contributed by atoms with Crippen molar-refractivity contribution in [2.75, 3.05) is 13.1 Å². The number of hydrogen-bond acceptors (Lipinski definition) is 4. The molecule has 0 saturated carbocycles. The maximum Gasteiger partial charge on any atom is 0.287 e. The predicted molar refractivity (Wildman–Crippen MR) is 84.7 cm³/mol. The van der Waals surface area contributed by atoms with Gasteiger partial charge in [-0.05, 0) is 54.7 Å². The van der Waals surface area contributed by atoms with E-state index in [9.17, 15) is 13.2 Å². The third kappa shape index (κ3) is 3.62. The van der Waals surface area contributed by atoms with Crippen LogP contribution in [0.5, 0.6) is 0 Å². The standard InChI is InChI=1S/C16H18N2O4S/c19-16(15-5-2-10-22-15)17-8-9-18-23(20,21)14-7-6-12-3-1-4-13(12)11-14/h2,5-7,10-11,18H,1,3-4,8-9H2,(H,17,19). The summed E-state index contributed by atoms with van der Waals surface area (Å²) in [5.74, 6) is -0.168. The van der Waals surface area contributed by atoms with Crippen molar-refractivity contribution in [2.45, 2.75) is 24.2 Å². The summed E-state index contributed by atoms with van der Waals surface area (Å²) in [6.45, 7) is 0.301. The van der Waals surface area contributed by atoms with Gasteiger partial charge in [0.15, 0.2) is 5.76 Å². The van der Waals surface area contributed by atoms with E-state index in [1.165, 1.54) is 11.8 Å². The molecule has 0 radical (unpaired) electrons. The number of fused-ring (bicyclic) bond motifs is 1. The van der Waals surface area contributed by atoms with E-state index in [4.69, 9.17) is 4.42 Å². The number of aryl methyl sites for hydroxylation is 2. The van der Waals surface area contributed by atoms with E-state index in [2.05, 4.69) is 10.0 Å². The number of furan rings is 1. The van der Waals surface area contributed by atoms with Crippen LogP contribution in [0.3, 0.4) is 0 Å². The molecule has 3 rings (SSSR count). The van der Waals surface area contributed by atoms with Gasteiger partial charge in [-0.1, -0.05) is 6.07 Å². The number of amides is 1. The van der Waals surface area contributed by atoms with Gasteiger partial charge < -0.3 is 9.73 Å². The number of hydrogen-bond donors (Lipinski definition) is 2. The Labute approximate surface area is 134 Å². The topological polar surface area (TPSA) is 88.4 Å². The highest BCUT2D eigenvalue weighted by molar-refractivity contribution is 7.89. The molecular weight excluding hydrogens is 316 g/mol. The number of rotatable bonds is 6. The molecule has 23 heavy (non-hydrogen) atoms. The SMILES string of the molecule is O=C(NCCNS(=O)(=O)c1ccc2c(c1)CCC2)c1ccco1. The fourth-order valence-electron chi connectivity index (χ4n) is 2.65. The summed E-state index contributed by atoms with van der Waals surface area (Å²) in [5.41, 5.74) is 2.34. The first-order valence-electron chi connectivity index (χ1n) is 7.49. The molecular formula is C16H18N2O4S. The zero-order valence-corrected chi connectivity index (χ0v) is 13.4. The summed E-state index contributed by atoms with van der Waals surface area (Å²) >= 11 is 0. The van der Waals surface area contributed by atoms with Crippen molar-refractivity contribution in [3.8, 4) is 0 Å². The van der Waals surface area contributed by atoms with Gasteiger partial charge in [0.2, 0.25) is 10.0 Å². The molecule has 0 bridgehead atoms. The van der Waals surface area contributed by atoms with Crippen molar-refractivity contribution in [3.05, 3.63) is 53.5 Å². The highest BCUT2D eigenvalue weighted by atomic mass is 32.2. The molecule has 122 valence electrons. The lowest BCUT2D eigenvalue weighted by atomic mass is 10.1. The Morgan fingerprint density at radius 1 is 1.13 bits per heavy atom. The fourth-order valence-corrected chi connectivity index (χ4v) is 3.74. The molecule has 1 heterocycles. The zero-order chi connectivity index (χ0) is 16.3. The van der Waals surface area contributed by atoms with Gasteiger partial charge in [0, 0.05) is 13.1 Å². The lowest BCUT2D eigenvalue weighted by Crippen LogP contribution is -2.34. The van der Waals surface area contributed by atoms with E-state index in [-0.39, 0.29) is 29.7 Å². The van der Waals surface area contributed by atoms with Crippen LogP contribution < -0.4 is 10.0 Å². The Hall–Kier alpha value is -2.12. The minimum Gasteiger partial charge on any atom is -0.459 e. The van der Waals surface area contributed by atoms with Gasteiger partial charge in [0.05, 0.1) is 11.2 Å². The monoisotopic (exact) mass is 334 g/mol. The summed E-state index contributed by atoms with van der Waals surface area (Å²) < 4.78 is 32.0. The van der Waals surface area contributed by atoms with Crippen molar-refractivity contribution in [3.63, 3.8) is 0 Å². The first-order chi connectivity index (χ1) is 11.1. The molecule has 2 aromatic rings. The lowest BCUT2D eigenvalue weighted by Gasteiger charge is -2.09. The Balaban J connectivity index is 1.54. The van der Waals surface area contributed by atoms with Crippen molar-refractivity contribution in [1.29, 1.82) is 0 Å². The van der Waals surface area contributed by atoms with E-state index in [1.54, 1.807) is 24.3 Å². The van der Waals surface area contributed by atoms with Crippen LogP contribution in [0.4, 0.5) is 0 Å². The smallest absolute Gasteiger partial charge is 0.287 e. The van der Waals surface area contributed by atoms with Crippen LogP contribution in [0.2, 0.25) is 0 Å². The predicted octanol–water partition coefficient (Wildman–Crippen LogP) is 1.48. The summed E-state index contributed by atoms with van der Waals surface area (Å²) in [6, 6.07) is 8.42. The Morgan fingerprint density at radius 3 is 2.74 bits per heavy atom. The van der Waals surface area contributed by atoms with E-state index in [0.29, 0.717) is 0 Å². The molecule has 0 fully saturated rings. The first kappa shape index (κ1) is 15.8. The molecule has 0 unspecified atom stereocenters. The van der Waals surface area contributed by atoms with Crippen LogP contribution in [0.25, 0.3) is 0 Å². The second kappa shape index (κ2) is 6.55. The van der Waals surface area contributed by atoms with E-state index in [1.807, 2.05) is 6.07 Å². The van der Waals surface area contributed by atoms with Crippen LogP contribution in [0.1, 0.15) is 28.1 Å². The molecule has 0 atom stereocenters. The van der Waals surface area contributed by atoms with Crippen LogP contribution in [-0.4, -0.2) is 27.4 Å². The number of carbonyl (C=O) groups excluding carboxylic acids is 1.